The predicted octanol–water partition coefficient (Wildman–Crippen LogP) is 4.63. The topological polar surface area (TPSA) is 54.9 Å². The van der Waals surface area contributed by atoms with Gasteiger partial charge in [0.25, 0.3) is 5.91 Å². The van der Waals surface area contributed by atoms with Crippen molar-refractivity contribution >= 4 is 34.0 Å². The van der Waals surface area contributed by atoms with Crippen molar-refractivity contribution in [1.82, 2.24) is 10.2 Å². The zero-order valence-electron chi connectivity index (χ0n) is 11.8. The van der Waals surface area contributed by atoms with Gasteiger partial charge < -0.3 is 0 Å². The maximum absolute atomic E-state index is 13.0. The molecule has 22 heavy (non-hydrogen) atoms. The lowest BCUT2D eigenvalue weighted by Gasteiger charge is -2.18. The van der Waals surface area contributed by atoms with Crippen molar-refractivity contribution in [2.75, 3.05) is 5.32 Å². The molecule has 1 N–H and O–H groups in total. The molecule has 1 aliphatic rings. The minimum atomic E-state index is -0.475. The molecule has 2 aromatic rings. The van der Waals surface area contributed by atoms with Crippen LogP contribution in [0.5, 0.6) is 0 Å². The first-order valence-electron chi connectivity index (χ1n) is 7.23. The number of aromatic nitrogens is 2. The van der Waals surface area contributed by atoms with Gasteiger partial charge in [0.15, 0.2) is 0 Å². The third-order valence-electron chi connectivity index (χ3n) is 3.79. The van der Waals surface area contributed by atoms with Crippen LogP contribution in [0.3, 0.4) is 0 Å². The summed E-state index contributed by atoms with van der Waals surface area (Å²) in [7, 11) is 0. The average Bonchev–Trinajstić information content (AvgIpc) is 2.96. The highest BCUT2D eigenvalue weighted by atomic mass is 35.5. The van der Waals surface area contributed by atoms with Gasteiger partial charge in [-0.25, -0.2) is 4.39 Å². The molecule has 4 nitrogen and oxygen atoms in total. The zero-order chi connectivity index (χ0) is 15.5. The van der Waals surface area contributed by atoms with Crippen LogP contribution in [0.25, 0.3) is 0 Å². The maximum Gasteiger partial charge on any atom is 0.259 e. The molecular formula is C15H15ClFN3OS. The Kier molecular flexibility index (Phi) is 4.69. The van der Waals surface area contributed by atoms with Gasteiger partial charge in [-0.05, 0) is 31.0 Å². The SMILES string of the molecule is O=C(Nc1nnc(C2CCCCC2)s1)c1ccc(F)cc1Cl. The fourth-order valence-corrected chi connectivity index (χ4v) is 3.80. The Bertz CT molecular complexity index is 685. The molecule has 1 saturated carbocycles. The molecular weight excluding hydrogens is 325 g/mol. The molecule has 7 heteroatoms. The van der Waals surface area contributed by atoms with E-state index in [9.17, 15) is 9.18 Å². The van der Waals surface area contributed by atoms with Crippen LogP contribution in [-0.2, 0) is 0 Å². The van der Waals surface area contributed by atoms with Crippen molar-refractivity contribution in [3.05, 3.63) is 39.6 Å². The molecule has 3 rings (SSSR count). The van der Waals surface area contributed by atoms with E-state index in [0.717, 1.165) is 23.9 Å². The van der Waals surface area contributed by atoms with Gasteiger partial charge in [0.2, 0.25) is 5.13 Å². The number of carbonyl (C=O) groups excluding carboxylic acids is 1. The Morgan fingerprint density at radius 1 is 1.27 bits per heavy atom. The van der Waals surface area contributed by atoms with E-state index in [0.29, 0.717) is 11.0 Å². The van der Waals surface area contributed by atoms with Crippen LogP contribution < -0.4 is 5.32 Å². The Labute approximate surface area is 136 Å². The number of amides is 1. The van der Waals surface area contributed by atoms with Crippen molar-refractivity contribution in [3.63, 3.8) is 0 Å². The van der Waals surface area contributed by atoms with Gasteiger partial charge in [0.1, 0.15) is 10.8 Å². The van der Waals surface area contributed by atoms with Gasteiger partial charge in [-0.1, -0.05) is 42.2 Å². The normalized spacial score (nSPS) is 15.7. The highest BCUT2D eigenvalue weighted by Gasteiger charge is 2.20. The van der Waals surface area contributed by atoms with Crippen molar-refractivity contribution in [3.8, 4) is 0 Å². The van der Waals surface area contributed by atoms with Crippen LogP contribution in [0.4, 0.5) is 9.52 Å². The third kappa shape index (κ3) is 3.44. The zero-order valence-corrected chi connectivity index (χ0v) is 13.4. The fraction of sp³-hybridized carbons (Fsp3) is 0.400. The van der Waals surface area contributed by atoms with Gasteiger partial charge in [0, 0.05) is 5.92 Å². The van der Waals surface area contributed by atoms with E-state index < -0.39 is 11.7 Å². The van der Waals surface area contributed by atoms with E-state index >= 15 is 0 Å². The summed E-state index contributed by atoms with van der Waals surface area (Å²) in [5.74, 6) is -0.431. The number of halogens is 2. The molecule has 1 amide bonds. The van der Waals surface area contributed by atoms with Crippen LogP contribution in [-0.4, -0.2) is 16.1 Å². The molecule has 0 saturated heterocycles. The number of carbonyl (C=O) groups is 1. The summed E-state index contributed by atoms with van der Waals surface area (Å²) < 4.78 is 13.0. The van der Waals surface area contributed by atoms with E-state index in [1.165, 1.54) is 42.7 Å². The Hall–Kier alpha value is -1.53. The summed E-state index contributed by atoms with van der Waals surface area (Å²) in [5, 5.41) is 12.4. The highest BCUT2D eigenvalue weighted by molar-refractivity contribution is 7.15. The number of hydrogen-bond donors (Lipinski definition) is 1. The summed E-state index contributed by atoms with van der Waals surface area (Å²) in [6.07, 6.45) is 5.98. The first kappa shape index (κ1) is 15.4. The summed E-state index contributed by atoms with van der Waals surface area (Å²) in [4.78, 5) is 12.2. The van der Waals surface area contributed by atoms with Crippen LogP contribution in [0, 0.1) is 5.82 Å². The fourth-order valence-electron chi connectivity index (χ4n) is 2.64. The lowest BCUT2D eigenvalue weighted by atomic mass is 9.90. The lowest BCUT2D eigenvalue weighted by molar-refractivity contribution is 0.102. The minimum Gasteiger partial charge on any atom is -0.296 e. The smallest absolute Gasteiger partial charge is 0.259 e. The molecule has 0 radical (unpaired) electrons. The van der Waals surface area contributed by atoms with Gasteiger partial charge in [-0.15, -0.1) is 10.2 Å². The quantitative estimate of drug-likeness (QED) is 0.886. The monoisotopic (exact) mass is 339 g/mol. The van der Waals surface area contributed by atoms with Gasteiger partial charge in [-0.2, -0.15) is 0 Å². The highest BCUT2D eigenvalue weighted by Crippen LogP contribution is 2.35. The van der Waals surface area contributed by atoms with Crippen molar-refractivity contribution < 1.29 is 9.18 Å². The van der Waals surface area contributed by atoms with Crippen molar-refractivity contribution in [1.29, 1.82) is 0 Å². The standard InChI is InChI=1S/C15H15ClFN3OS/c16-12-8-10(17)6-7-11(12)13(21)18-15-20-19-14(22-15)9-4-2-1-3-5-9/h6-9H,1-5H2,(H,18,20,21). The molecule has 1 aromatic heterocycles. The molecule has 1 fully saturated rings. The van der Waals surface area contributed by atoms with Crippen molar-refractivity contribution in [2.24, 2.45) is 0 Å². The van der Waals surface area contributed by atoms with Crippen LogP contribution in [0.2, 0.25) is 5.02 Å². The second kappa shape index (κ2) is 6.71. The van der Waals surface area contributed by atoms with E-state index in [1.54, 1.807) is 0 Å². The first-order valence-corrected chi connectivity index (χ1v) is 8.43. The second-order valence-electron chi connectivity index (χ2n) is 5.36. The number of anilines is 1. The average molecular weight is 340 g/mol. The molecule has 0 unspecified atom stereocenters. The van der Waals surface area contributed by atoms with E-state index in [4.69, 9.17) is 11.6 Å². The number of benzene rings is 1. The molecule has 1 aromatic carbocycles. The molecule has 0 aliphatic heterocycles. The summed E-state index contributed by atoms with van der Waals surface area (Å²) in [5.41, 5.74) is 0.220. The summed E-state index contributed by atoms with van der Waals surface area (Å²) in [6, 6.07) is 3.68. The van der Waals surface area contributed by atoms with Crippen LogP contribution in [0.1, 0.15) is 53.4 Å². The Morgan fingerprint density at radius 2 is 2.05 bits per heavy atom. The van der Waals surface area contributed by atoms with E-state index in [-0.39, 0.29) is 10.6 Å². The number of hydrogen-bond acceptors (Lipinski definition) is 4. The van der Waals surface area contributed by atoms with Crippen LogP contribution in [0.15, 0.2) is 18.2 Å². The molecule has 0 bridgehead atoms. The molecule has 0 atom stereocenters. The Balaban J connectivity index is 1.70. The lowest BCUT2D eigenvalue weighted by Crippen LogP contribution is -2.12. The van der Waals surface area contributed by atoms with E-state index in [1.807, 2.05) is 0 Å². The van der Waals surface area contributed by atoms with Gasteiger partial charge >= 0.3 is 0 Å². The number of nitrogens with one attached hydrogen (secondary N) is 1. The largest absolute Gasteiger partial charge is 0.296 e. The van der Waals surface area contributed by atoms with E-state index in [2.05, 4.69) is 15.5 Å². The minimum absolute atomic E-state index is 0.0783. The third-order valence-corrected chi connectivity index (χ3v) is 5.11. The predicted molar refractivity (Wildman–Crippen MR) is 85.1 cm³/mol. The Morgan fingerprint density at radius 3 is 2.77 bits per heavy atom. The molecule has 0 spiro atoms. The molecule has 116 valence electrons. The maximum atomic E-state index is 13.0. The van der Waals surface area contributed by atoms with Crippen LogP contribution >= 0.6 is 22.9 Å². The number of rotatable bonds is 3. The molecule has 1 heterocycles. The van der Waals surface area contributed by atoms with Gasteiger partial charge in [-0.3, -0.25) is 10.1 Å². The molecule has 1 aliphatic carbocycles. The number of nitrogens with zero attached hydrogens (tertiary/aromatic N) is 2. The van der Waals surface area contributed by atoms with Gasteiger partial charge in [0.05, 0.1) is 10.6 Å². The second-order valence-corrected chi connectivity index (χ2v) is 6.77. The summed E-state index contributed by atoms with van der Waals surface area (Å²) >= 11 is 7.28. The summed E-state index contributed by atoms with van der Waals surface area (Å²) in [6.45, 7) is 0. The first-order chi connectivity index (χ1) is 10.6. The van der Waals surface area contributed by atoms with Crippen molar-refractivity contribution in [2.45, 2.75) is 38.0 Å².